The van der Waals surface area contributed by atoms with Crippen LogP contribution in [-0.2, 0) is 0 Å². The van der Waals surface area contributed by atoms with Gasteiger partial charge in [-0.1, -0.05) is 47.5 Å². The van der Waals surface area contributed by atoms with Gasteiger partial charge in [0.1, 0.15) is 6.17 Å². The number of halogens is 1. The molecule has 3 atom stereocenters. The molecule has 0 aliphatic rings. The molecular formula is C20H32ClN5. The van der Waals surface area contributed by atoms with Gasteiger partial charge in [-0.2, -0.15) is 5.11 Å². The number of benzene rings is 1. The monoisotopic (exact) mass is 377 g/mol. The summed E-state index contributed by atoms with van der Waals surface area (Å²) in [7, 11) is 1.95. The van der Waals surface area contributed by atoms with E-state index in [0.29, 0.717) is 12.5 Å². The fourth-order valence-corrected chi connectivity index (χ4v) is 2.85. The van der Waals surface area contributed by atoms with Crippen molar-refractivity contribution in [2.45, 2.75) is 39.9 Å². The Morgan fingerprint density at radius 2 is 2.12 bits per heavy atom. The van der Waals surface area contributed by atoms with E-state index in [0.717, 1.165) is 17.3 Å². The van der Waals surface area contributed by atoms with E-state index in [4.69, 9.17) is 11.6 Å². The number of allylic oxidation sites excluding steroid dienone is 1. The molecule has 0 radical (unpaired) electrons. The molecule has 1 aromatic carbocycles. The van der Waals surface area contributed by atoms with Crippen LogP contribution in [0.15, 0.2) is 58.9 Å². The van der Waals surface area contributed by atoms with Gasteiger partial charge in [0.15, 0.2) is 0 Å². The quantitative estimate of drug-likeness (QED) is 0.319. The van der Waals surface area contributed by atoms with Gasteiger partial charge in [-0.25, -0.2) is 0 Å². The third-order valence-corrected chi connectivity index (χ3v) is 4.38. The maximum atomic E-state index is 6.11. The average molecular weight is 378 g/mol. The van der Waals surface area contributed by atoms with Crippen LogP contribution in [0.1, 0.15) is 27.7 Å². The number of hydrogen-bond donors (Lipinski definition) is 2. The highest BCUT2D eigenvalue weighted by Gasteiger charge is 2.20. The molecule has 0 aliphatic heterocycles. The summed E-state index contributed by atoms with van der Waals surface area (Å²) in [5, 5.41) is 18.0. The summed E-state index contributed by atoms with van der Waals surface area (Å²) in [4.78, 5) is 0. The Morgan fingerprint density at radius 3 is 2.73 bits per heavy atom. The number of rotatable bonds is 11. The Kier molecular flexibility index (Phi) is 9.99. The molecule has 0 saturated carbocycles. The maximum absolute atomic E-state index is 6.11. The molecule has 0 fully saturated rings. The van der Waals surface area contributed by atoms with Gasteiger partial charge in [0.2, 0.25) is 0 Å². The average Bonchev–Trinajstić information content (AvgIpc) is 2.62. The Balaban J connectivity index is 2.72. The van der Waals surface area contributed by atoms with Crippen LogP contribution in [0.3, 0.4) is 0 Å². The largest absolute Gasteiger partial charge is 0.378 e. The molecule has 0 heterocycles. The highest BCUT2D eigenvalue weighted by atomic mass is 35.5. The summed E-state index contributed by atoms with van der Waals surface area (Å²) in [5.41, 5.74) is 2.30. The lowest BCUT2D eigenvalue weighted by atomic mass is 9.94. The molecule has 2 unspecified atom stereocenters. The van der Waals surface area contributed by atoms with Crippen molar-refractivity contribution < 1.29 is 0 Å². The van der Waals surface area contributed by atoms with Crippen molar-refractivity contribution in [3.05, 3.63) is 53.6 Å². The third-order valence-electron chi connectivity index (χ3n) is 4.15. The Hall–Kier alpha value is -1.85. The summed E-state index contributed by atoms with van der Waals surface area (Å²) >= 11 is 6.11. The zero-order valence-electron chi connectivity index (χ0n) is 16.5. The summed E-state index contributed by atoms with van der Waals surface area (Å²) < 4.78 is 0. The predicted octanol–water partition coefficient (Wildman–Crippen LogP) is 5.14. The molecular weight excluding hydrogens is 346 g/mol. The SMILES string of the molecule is C=CCNC(C)N=NN(C)C[C@@H](C)C(Nc1cccc(Cl)c1)/C(C)=C/C. The van der Waals surface area contributed by atoms with E-state index in [-0.39, 0.29) is 12.2 Å². The molecule has 0 aliphatic carbocycles. The molecule has 0 spiro atoms. The maximum Gasteiger partial charge on any atom is 0.120 e. The molecule has 0 saturated heterocycles. The molecule has 0 aromatic heterocycles. The Bertz CT molecular complexity index is 614. The van der Waals surface area contributed by atoms with Crippen molar-refractivity contribution in [2.24, 2.45) is 16.3 Å². The lowest BCUT2D eigenvalue weighted by Gasteiger charge is -2.29. The fraction of sp³-hybridized carbons (Fsp3) is 0.500. The number of nitrogens with one attached hydrogen (secondary N) is 2. The second kappa shape index (κ2) is 11.7. The van der Waals surface area contributed by atoms with Crippen LogP contribution in [0.5, 0.6) is 0 Å². The molecule has 1 rings (SSSR count). The highest BCUT2D eigenvalue weighted by Crippen LogP contribution is 2.22. The number of hydrogen-bond acceptors (Lipinski definition) is 4. The first-order valence-electron chi connectivity index (χ1n) is 8.98. The topological polar surface area (TPSA) is 52.0 Å². The molecule has 26 heavy (non-hydrogen) atoms. The van der Waals surface area contributed by atoms with Crippen LogP contribution < -0.4 is 10.6 Å². The van der Waals surface area contributed by atoms with Crippen LogP contribution in [-0.4, -0.2) is 37.4 Å². The van der Waals surface area contributed by atoms with E-state index in [2.05, 4.69) is 54.4 Å². The normalized spacial score (nSPS) is 15.5. The fourth-order valence-electron chi connectivity index (χ4n) is 2.66. The molecule has 0 amide bonds. The van der Waals surface area contributed by atoms with Crippen molar-refractivity contribution in [2.75, 3.05) is 25.5 Å². The van der Waals surface area contributed by atoms with Crippen molar-refractivity contribution in [1.82, 2.24) is 10.3 Å². The van der Waals surface area contributed by atoms with E-state index in [1.807, 2.05) is 49.3 Å². The van der Waals surface area contributed by atoms with Crippen LogP contribution in [0.4, 0.5) is 5.69 Å². The lowest BCUT2D eigenvalue weighted by molar-refractivity contribution is 0.263. The van der Waals surface area contributed by atoms with E-state index in [1.165, 1.54) is 5.57 Å². The van der Waals surface area contributed by atoms with E-state index < -0.39 is 0 Å². The zero-order valence-corrected chi connectivity index (χ0v) is 17.3. The van der Waals surface area contributed by atoms with Gasteiger partial charge in [0.05, 0.1) is 6.04 Å². The molecule has 0 bridgehead atoms. The summed E-state index contributed by atoms with van der Waals surface area (Å²) in [6, 6.07) is 8.00. The van der Waals surface area contributed by atoms with E-state index >= 15 is 0 Å². The number of nitrogens with zero attached hydrogens (tertiary/aromatic N) is 3. The Morgan fingerprint density at radius 1 is 1.38 bits per heavy atom. The van der Waals surface area contributed by atoms with Gasteiger partial charge >= 0.3 is 0 Å². The van der Waals surface area contributed by atoms with Gasteiger partial charge in [-0.3, -0.25) is 10.3 Å². The van der Waals surface area contributed by atoms with E-state index in [1.54, 1.807) is 0 Å². The second-order valence-corrected chi connectivity index (χ2v) is 7.00. The van der Waals surface area contributed by atoms with Gasteiger partial charge in [-0.15, -0.1) is 6.58 Å². The molecule has 5 nitrogen and oxygen atoms in total. The first-order valence-corrected chi connectivity index (χ1v) is 9.36. The smallest absolute Gasteiger partial charge is 0.120 e. The van der Waals surface area contributed by atoms with Crippen molar-refractivity contribution in [3.63, 3.8) is 0 Å². The predicted molar refractivity (Wildman–Crippen MR) is 113 cm³/mol. The third kappa shape index (κ3) is 8.02. The minimum absolute atomic E-state index is 0.0385. The summed E-state index contributed by atoms with van der Waals surface area (Å²) in [6.45, 7) is 13.6. The zero-order chi connectivity index (χ0) is 19.5. The molecule has 6 heteroatoms. The van der Waals surface area contributed by atoms with Gasteiger partial charge in [0, 0.05) is 30.8 Å². The molecule has 2 N–H and O–H groups in total. The van der Waals surface area contributed by atoms with Crippen molar-refractivity contribution in [1.29, 1.82) is 0 Å². The first-order chi connectivity index (χ1) is 12.4. The summed E-state index contributed by atoms with van der Waals surface area (Å²) in [6.07, 6.45) is 3.91. The van der Waals surface area contributed by atoms with Crippen LogP contribution in [0.2, 0.25) is 5.02 Å². The molecule has 1 aromatic rings. The molecule has 144 valence electrons. The van der Waals surface area contributed by atoms with Gasteiger partial charge < -0.3 is 5.32 Å². The first kappa shape index (κ1) is 22.2. The Labute approximate surface area is 163 Å². The van der Waals surface area contributed by atoms with Crippen LogP contribution in [0, 0.1) is 5.92 Å². The van der Waals surface area contributed by atoms with Gasteiger partial charge in [-0.05, 0) is 44.9 Å². The van der Waals surface area contributed by atoms with E-state index in [9.17, 15) is 0 Å². The highest BCUT2D eigenvalue weighted by molar-refractivity contribution is 6.30. The minimum Gasteiger partial charge on any atom is -0.378 e. The summed E-state index contributed by atoms with van der Waals surface area (Å²) in [5.74, 6) is 0.325. The van der Waals surface area contributed by atoms with Crippen molar-refractivity contribution >= 4 is 17.3 Å². The second-order valence-electron chi connectivity index (χ2n) is 6.56. The standard InChI is InChI=1S/C20H32ClN5/c1-7-12-22-17(5)24-25-26(6)14-16(4)20(15(3)8-2)23-19-11-9-10-18(21)13-19/h7-11,13,16-17,20,22-23H,1,12,14H2,2-6H3/b15-8+,25-24?/t16-,17?,20?/m1/s1. The van der Waals surface area contributed by atoms with Crippen molar-refractivity contribution in [3.8, 4) is 0 Å². The van der Waals surface area contributed by atoms with Crippen LogP contribution in [0.25, 0.3) is 0 Å². The lowest BCUT2D eigenvalue weighted by Crippen LogP contribution is -2.35. The van der Waals surface area contributed by atoms with Gasteiger partial charge in [0.25, 0.3) is 0 Å². The minimum atomic E-state index is -0.0385. The number of anilines is 1. The van der Waals surface area contributed by atoms with Crippen LogP contribution >= 0.6 is 11.6 Å².